The van der Waals surface area contributed by atoms with Gasteiger partial charge in [-0.2, -0.15) is 0 Å². The van der Waals surface area contributed by atoms with E-state index in [0.29, 0.717) is 11.8 Å². The molecule has 4 unspecified atom stereocenters. The predicted octanol–water partition coefficient (Wildman–Crippen LogP) is 4.00. The molecule has 0 amide bonds. The van der Waals surface area contributed by atoms with E-state index < -0.39 is 0 Å². The minimum atomic E-state index is -0.337. The lowest BCUT2D eigenvalue weighted by Crippen LogP contribution is -2.66. The van der Waals surface area contributed by atoms with Crippen molar-refractivity contribution < 1.29 is 5.11 Å². The standard InChI is InChI=1S/C16H28O/c1-4-11(3)15-9-12-6-13(10-15)8-14(7-12)16(15,17)5-2/h11-14,17H,4-10H2,1-3H3. The molecule has 0 saturated heterocycles. The third-order valence-corrected chi connectivity index (χ3v) is 6.84. The summed E-state index contributed by atoms with van der Waals surface area (Å²) in [5, 5.41) is 11.3. The fourth-order valence-corrected chi connectivity index (χ4v) is 6.02. The van der Waals surface area contributed by atoms with Crippen LogP contribution in [0.25, 0.3) is 0 Å². The first-order valence-electron chi connectivity index (χ1n) is 7.78. The molecule has 4 fully saturated rings. The first kappa shape index (κ1) is 12.0. The highest BCUT2D eigenvalue weighted by Crippen LogP contribution is 2.68. The van der Waals surface area contributed by atoms with Crippen molar-refractivity contribution in [3.8, 4) is 0 Å². The summed E-state index contributed by atoms with van der Waals surface area (Å²) in [5.41, 5.74) is -0.0684. The average Bonchev–Trinajstić information content (AvgIpc) is 2.33. The van der Waals surface area contributed by atoms with E-state index in [-0.39, 0.29) is 11.0 Å². The van der Waals surface area contributed by atoms with Gasteiger partial charge < -0.3 is 5.11 Å². The first-order valence-corrected chi connectivity index (χ1v) is 7.78. The highest BCUT2D eigenvalue weighted by Gasteiger charge is 2.65. The minimum absolute atomic E-state index is 0.269. The van der Waals surface area contributed by atoms with Gasteiger partial charge in [0.15, 0.2) is 0 Å². The summed E-state index contributed by atoms with van der Waals surface area (Å²) < 4.78 is 0. The first-order chi connectivity index (χ1) is 8.05. The number of rotatable bonds is 3. The molecule has 4 atom stereocenters. The van der Waals surface area contributed by atoms with Crippen LogP contribution in [0.5, 0.6) is 0 Å². The van der Waals surface area contributed by atoms with Crippen LogP contribution >= 0.6 is 0 Å². The van der Waals surface area contributed by atoms with Crippen molar-refractivity contribution in [2.45, 2.75) is 71.3 Å². The Morgan fingerprint density at radius 1 is 1.12 bits per heavy atom. The Balaban J connectivity index is 2.03. The second-order valence-corrected chi connectivity index (χ2v) is 7.29. The molecule has 0 aromatic heterocycles. The topological polar surface area (TPSA) is 20.2 Å². The van der Waals surface area contributed by atoms with Crippen LogP contribution in [0.2, 0.25) is 0 Å². The van der Waals surface area contributed by atoms with E-state index in [1.165, 1.54) is 38.5 Å². The second-order valence-electron chi connectivity index (χ2n) is 7.29. The number of hydrogen-bond donors (Lipinski definition) is 1. The van der Waals surface area contributed by atoms with E-state index in [0.717, 1.165) is 18.3 Å². The lowest BCUT2D eigenvalue weighted by atomic mass is 9.39. The highest BCUT2D eigenvalue weighted by molar-refractivity contribution is 5.15. The van der Waals surface area contributed by atoms with E-state index in [1.807, 2.05) is 0 Å². The van der Waals surface area contributed by atoms with Gasteiger partial charge in [0.2, 0.25) is 0 Å². The molecule has 4 bridgehead atoms. The van der Waals surface area contributed by atoms with E-state index >= 15 is 0 Å². The summed E-state index contributed by atoms with van der Waals surface area (Å²) in [6, 6.07) is 0. The van der Waals surface area contributed by atoms with Crippen molar-refractivity contribution in [3.63, 3.8) is 0 Å². The van der Waals surface area contributed by atoms with Crippen molar-refractivity contribution in [3.05, 3.63) is 0 Å². The largest absolute Gasteiger partial charge is 0.389 e. The summed E-state index contributed by atoms with van der Waals surface area (Å²) in [6.07, 6.45) is 8.95. The van der Waals surface area contributed by atoms with Gasteiger partial charge in [0.05, 0.1) is 5.60 Å². The van der Waals surface area contributed by atoms with Crippen LogP contribution in [-0.4, -0.2) is 10.7 Å². The molecule has 0 aromatic carbocycles. The monoisotopic (exact) mass is 236 g/mol. The predicted molar refractivity (Wildman–Crippen MR) is 70.7 cm³/mol. The van der Waals surface area contributed by atoms with Crippen molar-refractivity contribution >= 4 is 0 Å². The van der Waals surface area contributed by atoms with Gasteiger partial charge in [-0.15, -0.1) is 0 Å². The molecule has 98 valence electrons. The summed E-state index contributed by atoms with van der Waals surface area (Å²) >= 11 is 0. The third-order valence-electron chi connectivity index (χ3n) is 6.84. The minimum Gasteiger partial charge on any atom is -0.389 e. The molecular formula is C16H28O. The zero-order valence-electron chi connectivity index (χ0n) is 11.7. The Morgan fingerprint density at radius 3 is 2.18 bits per heavy atom. The molecule has 4 aliphatic rings. The van der Waals surface area contributed by atoms with Crippen LogP contribution in [0.4, 0.5) is 0 Å². The zero-order valence-corrected chi connectivity index (χ0v) is 11.7. The Morgan fingerprint density at radius 2 is 1.71 bits per heavy atom. The molecule has 4 saturated carbocycles. The SMILES string of the molecule is CCC(C)C12CC3CC(CC(C3)C1(O)CC)C2. The Kier molecular flexibility index (Phi) is 2.63. The number of hydrogen-bond acceptors (Lipinski definition) is 1. The van der Waals surface area contributed by atoms with Crippen molar-refractivity contribution in [2.24, 2.45) is 29.1 Å². The Bertz CT molecular complexity index is 297. The van der Waals surface area contributed by atoms with Gasteiger partial charge in [0, 0.05) is 5.41 Å². The fourth-order valence-electron chi connectivity index (χ4n) is 6.02. The third kappa shape index (κ3) is 1.35. The van der Waals surface area contributed by atoms with Crippen LogP contribution in [0.1, 0.15) is 65.7 Å². The van der Waals surface area contributed by atoms with E-state index in [4.69, 9.17) is 0 Å². The molecule has 0 aliphatic heterocycles. The van der Waals surface area contributed by atoms with Gasteiger partial charge in [-0.1, -0.05) is 27.2 Å². The number of aliphatic hydroxyl groups is 1. The van der Waals surface area contributed by atoms with E-state index in [2.05, 4.69) is 20.8 Å². The zero-order chi connectivity index (χ0) is 12.3. The lowest BCUT2D eigenvalue weighted by molar-refractivity contribution is -0.249. The maximum absolute atomic E-state index is 11.3. The Hall–Kier alpha value is -0.0400. The van der Waals surface area contributed by atoms with Crippen LogP contribution in [0.3, 0.4) is 0 Å². The summed E-state index contributed by atoms with van der Waals surface area (Å²) in [4.78, 5) is 0. The average molecular weight is 236 g/mol. The molecule has 4 aliphatic carbocycles. The van der Waals surface area contributed by atoms with Gasteiger partial charge in [-0.05, 0) is 62.2 Å². The Labute approximate surface area is 106 Å². The molecule has 0 aromatic rings. The molecule has 1 N–H and O–H groups in total. The van der Waals surface area contributed by atoms with Gasteiger partial charge in [-0.3, -0.25) is 0 Å². The molecular weight excluding hydrogens is 208 g/mol. The van der Waals surface area contributed by atoms with E-state index in [1.54, 1.807) is 0 Å². The fraction of sp³-hybridized carbons (Fsp3) is 1.00. The molecule has 1 nitrogen and oxygen atoms in total. The lowest BCUT2D eigenvalue weighted by Gasteiger charge is -2.67. The van der Waals surface area contributed by atoms with Crippen molar-refractivity contribution in [1.29, 1.82) is 0 Å². The van der Waals surface area contributed by atoms with Crippen LogP contribution < -0.4 is 0 Å². The summed E-state index contributed by atoms with van der Waals surface area (Å²) in [6.45, 7) is 6.92. The maximum atomic E-state index is 11.3. The van der Waals surface area contributed by atoms with Crippen molar-refractivity contribution in [1.82, 2.24) is 0 Å². The molecule has 0 spiro atoms. The van der Waals surface area contributed by atoms with Gasteiger partial charge >= 0.3 is 0 Å². The quantitative estimate of drug-likeness (QED) is 0.785. The van der Waals surface area contributed by atoms with Crippen LogP contribution in [-0.2, 0) is 0 Å². The summed E-state index contributed by atoms with van der Waals surface area (Å²) in [5.74, 6) is 3.19. The van der Waals surface area contributed by atoms with Gasteiger partial charge in [0.1, 0.15) is 0 Å². The highest BCUT2D eigenvalue weighted by atomic mass is 16.3. The normalized spacial score (nSPS) is 54.0. The molecule has 0 radical (unpaired) electrons. The summed E-state index contributed by atoms with van der Waals surface area (Å²) in [7, 11) is 0. The van der Waals surface area contributed by atoms with E-state index in [9.17, 15) is 5.11 Å². The molecule has 17 heavy (non-hydrogen) atoms. The van der Waals surface area contributed by atoms with Crippen LogP contribution in [0.15, 0.2) is 0 Å². The smallest absolute Gasteiger partial charge is 0.0732 e. The molecule has 4 rings (SSSR count). The van der Waals surface area contributed by atoms with Gasteiger partial charge in [-0.25, -0.2) is 0 Å². The maximum Gasteiger partial charge on any atom is 0.0732 e. The van der Waals surface area contributed by atoms with Crippen LogP contribution in [0, 0.1) is 29.1 Å². The van der Waals surface area contributed by atoms with Crippen molar-refractivity contribution in [2.75, 3.05) is 0 Å². The second kappa shape index (κ2) is 3.73. The molecule has 1 heteroatoms. The molecule has 0 heterocycles. The van der Waals surface area contributed by atoms with Gasteiger partial charge in [0.25, 0.3) is 0 Å².